The molecule has 1 aliphatic rings. The molecule has 0 radical (unpaired) electrons. The molecule has 6 heteroatoms. The highest BCUT2D eigenvalue weighted by atomic mass is 16.3. The summed E-state index contributed by atoms with van der Waals surface area (Å²) in [6.07, 6.45) is 3.63. The van der Waals surface area contributed by atoms with Crippen LogP contribution in [-0.2, 0) is 12.8 Å². The minimum absolute atomic E-state index is 0.285. The molecule has 0 saturated carbocycles. The van der Waals surface area contributed by atoms with E-state index < -0.39 is 0 Å². The summed E-state index contributed by atoms with van der Waals surface area (Å²) in [5.74, 6) is 0.910. The van der Waals surface area contributed by atoms with E-state index in [2.05, 4.69) is 75.1 Å². The Kier molecular flexibility index (Phi) is 7.86. The van der Waals surface area contributed by atoms with E-state index in [-0.39, 0.29) is 5.75 Å². The molecule has 184 valence electrons. The van der Waals surface area contributed by atoms with E-state index in [0.29, 0.717) is 12.0 Å². The summed E-state index contributed by atoms with van der Waals surface area (Å²) in [6.45, 7) is 4.86. The van der Waals surface area contributed by atoms with E-state index in [4.69, 9.17) is 4.98 Å². The summed E-state index contributed by atoms with van der Waals surface area (Å²) in [4.78, 5) is 11.8. The lowest BCUT2D eigenvalue weighted by Crippen LogP contribution is -2.45. The summed E-state index contributed by atoms with van der Waals surface area (Å²) >= 11 is 0. The second-order valence-electron chi connectivity index (χ2n) is 9.23. The van der Waals surface area contributed by atoms with Gasteiger partial charge in [0.05, 0.1) is 5.69 Å². The molecule has 5 rings (SSSR count). The van der Waals surface area contributed by atoms with E-state index >= 15 is 0 Å². The Morgan fingerprint density at radius 1 is 0.889 bits per heavy atom. The van der Waals surface area contributed by atoms with E-state index in [1.807, 2.05) is 24.4 Å². The van der Waals surface area contributed by atoms with Crippen LogP contribution in [0.3, 0.4) is 0 Å². The first kappa shape index (κ1) is 24.0. The van der Waals surface area contributed by atoms with Crippen LogP contribution in [0.5, 0.6) is 5.75 Å². The van der Waals surface area contributed by atoms with Gasteiger partial charge in [0, 0.05) is 50.5 Å². The van der Waals surface area contributed by atoms with E-state index in [9.17, 15) is 5.11 Å². The van der Waals surface area contributed by atoms with Gasteiger partial charge in [-0.2, -0.15) is 0 Å². The molecule has 0 amide bonds. The maximum absolute atomic E-state index is 9.46. The molecule has 36 heavy (non-hydrogen) atoms. The fourth-order valence-corrected chi connectivity index (χ4v) is 4.78. The lowest BCUT2D eigenvalue weighted by atomic mass is 9.95. The number of nitrogens with one attached hydrogen (secondary N) is 2. The van der Waals surface area contributed by atoms with Gasteiger partial charge in [-0.05, 0) is 53.8 Å². The number of benzene rings is 3. The number of aromatic hydroxyl groups is 1. The fourth-order valence-electron chi connectivity index (χ4n) is 4.78. The van der Waals surface area contributed by atoms with Crippen molar-refractivity contribution in [1.82, 2.24) is 20.2 Å². The van der Waals surface area contributed by atoms with Crippen LogP contribution >= 0.6 is 0 Å². The molecule has 1 fully saturated rings. The van der Waals surface area contributed by atoms with Crippen LogP contribution in [-0.4, -0.2) is 52.7 Å². The third-order valence-electron chi connectivity index (χ3n) is 6.72. The van der Waals surface area contributed by atoms with Crippen LogP contribution in [0.25, 0.3) is 11.3 Å². The zero-order chi connectivity index (χ0) is 24.6. The first-order valence-electron chi connectivity index (χ1n) is 12.7. The molecule has 6 nitrogen and oxygen atoms in total. The molecule has 1 aromatic heterocycles. The van der Waals surface area contributed by atoms with Crippen LogP contribution in [0.2, 0.25) is 0 Å². The third-order valence-corrected chi connectivity index (χ3v) is 6.72. The van der Waals surface area contributed by atoms with Gasteiger partial charge in [-0.1, -0.05) is 60.7 Å². The van der Waals surface area contributed by atoms with Gasteiger partial charge in [-0.3, -0.25) is 4.90 Å². The van der Waals surface area contributed by atoms with Crippen molar-refractivity contribution >= 4 is 5.95 Å². The summed E-state index contributed by atoms with van der Waals surface area (Å²) in [5, 5.41) is 16.3. The second kappa shape index (κ2) is 11.8. The Labute approximate surface area is 213 Å². The van der Waals surface area contributed by atoms with Crippen molar-refractivity contribution < 1.29 is 5.11 Å². The first-order chi connectivity index (χ1) is 17.7. The van der Waals surface area contributed by atoms with E-state index in [1.165, 1.54) is 11.1 Å². The molecule has 1 unspecified atom stereocenters. The standard InChI is InChI=1S/C30H33N5O/c36-27-11-9-23(10-12-27)13-15-32-30-33-16-14-28(34-30)25-7-4-8-26(22-25)29(35-19-17-31-18-20-35)21-24-5-2-1-3-6-24/h1-12,14,16,22,29,31,36H,13,15,17-21H2,(H,32,33,34). The van der Waals surface area contributed by atoms with Crippen LogP contribution in [0.4, 0.5) is 5.95 Å². The molecule has 0 aliphatic carbocycles. The Bertz CT molecular complexity index is 1240. The predicted octanol–water partition coefficient (Wildman–Crippen LogP) is 4.69. The van der Waals surface area contributed by atoms with E-state index in [1.54, 1.807) is 12.1 Å². The number of hydrogen-bond donors (Lipinski definition) is 3. The minimum atomic E-state index is 0.285. The van der Waals surface area contributed by atoms with Crippen molar-refractivity contribution in [3.63, 3.8) is 0 Å². The van der Waals surface area contributed by atoms with Crippen LogP contribution in [0, 0.1) is 0 Å². The molecule has 1 atom stereocenters. The smallest absolute Gasteiger partial charge is 0.223 e. The van der Waals surface area contributed by atoms with Crippen molar-refractivity contribution in [1.29, 1.82) is 0 Å². The molecule has 2 heterocycles. The van der Waals surface area contributed by atoms with Gasteiger partial charge >= 0.3 is 0 Å². The van der Waals surface area contributed by atoms with Crippen molar-refractivity contribution in [2.24, 2.45) is 0 Å². The number of piperazine rings is 1. The fraction of sp³-hybridized carbons (Fsp3) is 0.267. The van der Waals surface area contributed by atoms with Gasteiger partial charge < -0.3 is 15.7 Å². The highest BCUT2D eigenvalue weighted by Gasteiger charge is 2.23. The quantitative estimate of drug-likeness (QED) is 0.323. The number of phenols is 1. The lowest BCUT2D eigenvalue weighted by Gasteiger charge is -2.35. The molecule has 4 aromatic rings. The monoisotopic (exact) mass is 479 g/mol. The van der Waals surface area contributed by atoms with Crippen LogP contribution in [0.1, 0.15) is 22.7 Å². The van der Waals surface area contributed by atoms with E-state index in [0.717, 1.165) is 62.4 Å². The predicted molar refractivity (Wildman–Crippen MR) is 145 cm³/mol. The molecule has 1 aliphatic heterocycles. The van der Waals surface area contributed by atoms with Gasteiger partial charge in [0.15, 0.2) is 0 Å². The molecule has 0 spiro atoms. The summed E-state index contributed by atoms with van der Waals surface area (Å²) < 4.78 is 0. The van der Waals surface area contributed by atoms with Gasteiger partial charge in [0.25, 0.3) is 0 Å². The first-order valence-corrected chi connectivity index (χ1v) is 12.7. The minimum Gasteiger partial charge on any atom is -0.508 e. The van der Waals surface area contributed by atoms with Gasteiger partial charge in [0.1, 0.15) is 5.75 Å². The van der Waals surface area contributed by atoms with Gasteiger partial charge in [-0.25, -0.2) is 9.97 Å². The molecular formula is C30H33N5O. The molecule has 0 bridgehead atoms. The average Bonchev–Trinajstić information content (AvgIpc) is 2.94. The van der Waals surface area contributed by atoms with Crippen molar-refractivity contribution in [3.05, 3.63) is 108 Å². The SMILES string of the molecule is Oc1ccc(CCNc2nccc(-c3cccc(C(Cc4ccccc4)N4CCNCC4)c3)n2)cc1. The van der Waals surface area contributed by atoms with Crippen LogP contribution in [0.15, 0.2) is 91.1 Å². The molecular weight excluding hydrogens is 446 g/mol. The van der Waals surface area contributed by atoms with Crippen molar-refractivity contribution in [2.45, 2.75) is 18.9 Å². The van der Waals surface area contributed by atoms with Gasteiger partial charge in [0.2, 0.25) is 5.95 Å². The largest absolute Gasteiger partial charge is 0.508 e. The number of nitrogens with zero attached hydrogens (tertiary/aromatic N) is 3. The Hall–Kier alpha value is -3.74. The third kappa shape index (κ3) is 6.27. The second-order valence-corrected chi connectivity index (χ2v) is 9.23. The zero-order valence-electron chi connectivity index (χ0n) is 20.5. The van der Waals surface area contributed by atoms with Crippen molar-refractivity contribution in [3.8, 4) is 17.0 Å². The maximum atomic E-state index is 9.46. The molecule has 3 N–H and O–H groups in total. The number of aromatic nitrogens is 2. The summed E-state index contributed by atoms with van der Waals surface area (Å²) in [7, 11) is 0. The summed E-state index contributed by atoms with van der Waals surface area (Å²) in [6, 6.07) is 29.2. The molecule has 3 aromatic carbocycles. The highest BCUT2D eigenvalue weighted by molar-refractivity contribution is 5.61. The van der Waals surface area contributed by atoms with Gasteiger partial charge in [-0.15, -0.1) is 0 Å². The zero-order valence-corrected chi connectivity index (χ0v) is 20.5. The number of anilines is 1. The van der Waals surface area contributed by atoms with Crippen LogP contribution < -0.4 is 10.6 Å². The summed E-state index contributed by atoms with van der Waals surface area (Å²) in [5.41, 5.74) is 5.84. The Morgan fingerprint density at radius 3 is 2.50 bits per heavy atom. The maximum Gasteiger partial charge on any atom is 0.223 e. The van der Waals surface area contributed by atoms with Crippen molar-refractivity contribution in [2.75, 3.05) is 38.0 Å². The number of hydrogen-bond acceptors (Lipinski definition) is 6. The average molecular weight is 480 g/mol. The lowest BCUT2D eigenvalue weighted by molar-refractivity contribution is 0.172. The number of rotatable bonds is 9. The Morgan fingerprint density at radius 2 is 1.69 bits per heavy atom. The highest BCUT2D eigenvalue weighted by Crippen LogP contribution is 2.29. The number of phenolic OH excluding ortho intramolecular Hbond substituents is 1. The topological polar surface area (TPSA) is 73.3 Å². The molecule has 1 saturated heterocycles. The normalized spacial score (nSPS) is 14.9. The Balaban J connectivity index is 1.32.